The first-order chi connectivity index (χ1) is 10.6. The maximum absolute atomic E-state index is 12.7. The fourth-order valence-electron chi connectivity index (χ4n) is 2.66. The zero-order valence-corrected chi connectivity index (χ0v) is 16.9. The quantitative estimate of drug-likeness (QED) is 0.839. The molecule has 1 saturated heterocycles. The third kappa shape index (κ3) is 4.29. The summed E-state index contributed by atoms with van der Waals surface area (Å²) < 4.78 is 27.0. The van der Waals surface area contributed by atoms with E-state index >= 15 is 0 Å². The molecule has 1 aromatic rings. The third-order valence-electron chi connectivity index (χ3n) is 4.34. The monoisotopic (exact) mass is 395 g/mol. The van der Waals surface area contributed by atoms with Crippen molar-refractivity contribution in [2.45, 2.75) is 38.6 Å². The van der Waals surface area contributed by atoms with Gasteiger partial charge < -0.3 is 10.6 Å². The Morgan fingerprint density at radius 1 is 1.21 bits per heavy atom. The van der Waals surface area contributed by atoms with Crippen LogP contribution in [0.1, 0.15) is 23.6 Å². The van der Waals surface area contributed by atoms with Crippen LogP contribution in [0.15, 0.2) is 11.0 Å². The number of hydrogen-bond acceptors (Lipinski definition) is 5. The van der Waals surface area contributed by atoms with E-state index in [1.54, 1.807) is 11.0 Å². The summed E-state index contributed by atoms with van der Waals surface area (Å²) in [6, 6.07) is 1.52. The molecule has 2 rings (SSSR count). The topological polar surface area (TPSA) is 83.7 Å². The van der Waals surface area contributed by atoms with Crippen LogP contribution in [0.3, 0.4) is 0 Å². The summed E-state index contributed by atoms with van der Waals surface area (Å²) >= 11 is 1.49. The van der Waals surface area contributed by atoms with Crippen LogP contribution >= 0.6 is 23.7 Å². The lowest BCUT2D eigenvalue weighted by Crippen LogP contribution is -2.53. The second-order valence-electron chi connectivity index (χ2n) is 6.15. The van der Waals surface area contributed by atoms with E-state index in [4.69, 9.17) is 5.73 Å². The Morgan fingerprint density at radius 2 is 1.75 bits per heavy atom. The number of sulfonamides is 1. The number of aryl methyl sites for hydroxylation is 2. The van der Waals surface area contributed by atoms with Crippen molar-refractivity contribution >= 4 is 39.7 Å². The Kier molecular flexibility index (Phi) is 7.25. The molecule has 0 spiro atoms. The molecule has 1 fully saturated rings. The molecule has 0 aliphatic carbocycles. The Hall–Kier alpha value is -0.670. The van der Waals surface area contributed by atoms with E-state index in [1.165, 1.54) is 15.6 Å². The largest absolute Gasteiger partial charge is 0.340 e. The molecular formula is C15H26ClN3O3S2. The lowest BCUT2D eigenvalue weighted by atomic mass is 10.0. The maximum atomic E-state index is 12.7. The van der Waals surface area contributed by atoms with Gasteiger partial charge in [-0.25, -0.2) is 8.42 Å². The van der Waals surface area contributed by atoms with Crippen LogP contribution in [-0.2, 0) is 14.8 Å². The van der Waals surface area contributed by atoms with E-state index in [1.807, 2.05) is 27.7 Å². The van der Waals surface area contributed by atoms with Gasteiger partial charge in [0.25, 0.3) is 0 Å². The van der Waals surface area contributed by atoms with Crippen molar-refractivity contribution in [1.29, 1.82) is 0 Å². The molecule has 1 aliphatic heterocycles. The summed E-state index contributed by atoms with van der Waals surface area (Å²) in [5.74, 6) is -0.250. The maximum Gasteiger partial charge on any atom is 0.244 e. The molecule has 1 aromatic heterocycles. The first kappa shape index (κ1) is 21.4. The van der Waals surface area contributed by atoms with Crippen molar-refractivity contribution in [3.63, 3.8) is 0 Å². The number of carbonyl (C=O) groups is 1. The number of thiophene rings is 1. The molecule has 2 unspecified atom stereocenters. The SMILES string of the molecule is Cc1cc(S(=O)(=O)N2CCN(C(=O)C(C)C(C)N)CC2)c(C)s1.Cl. The number of halogens is 1. The van der Waals surface area contributed by atoms with Crippen molar-refractivity contribution in [1.82, 2.24) is 9.21 Å². The average molecular weight is 396 g/mol. The van der Waals surface area contributed by atoms with Crippen molar-refractivity contribution in [3.05, 3.63) is 15.8 Å². The minimum Gasteiger partial charge on any atom is -0.340 e. The molecule has 24 heavy (non-hydrogen) atoms. The molecule has 0 bridgehead atoms. The van der Waals surface area contributed by atoms with Gasteiger partial charge in [-0.05, 0) is 26.8 Å². The zero-order chi connectivity index (χ0) is 17.4. The number of carbonyl (C=O) groups excluding carboxylic acids is 1. The van der Waals surface area contributed by atoms with Crippen LogP contribution in [0.2, 0.25) is 0 Å². The Balaban J connectivity index is 0.00000288. The van der Waals surface area contributed by atoms with Crippen molar-refractivity contribution in [3.8, 4) is 0 Å². The summed E-state index contributed by atoms with van der Waals surface area (Å²) in [4.78, 5) is 16.2. The minimum absolute atomic E-state index is 0. The average Bonchev–Trinajstić information content (AvgIpc) is 2.85. The second kappa shape index (κ2) is 8.14. The summed E-state index contributed by atoms with van der Waals surface area (Å²) in [5, 5.41) is 0. The van der Waals surface area contributed by atoms with Crippen molar-refractivity contribution in [2.75, 3.05) is 26.2 Å². The van der Waals surface area contributed by atoms with Gasteiger partial charge in [-0.3, -0.25) is 4.79 Å². The molecule has 1 aliphatic rings. The van der Waals surface area contributed by atoms with Gasteiger partial charge >= 0.3 is 0 Å². The molecule has 2 N–H and O–H groups in total. The smallest absolute Gasteiger partial charge is 0.244 e. The molecule has 2 atom stereocenters. The summed E-state index contributed by atoms with van der Waals surface area (Å²) in [6.07, 6.45) is 0. The van der Waals surface area contributed by atoms with Crippen LogP contribution in [0.5, 0.6) is 0 Å². The van der Waals surface area contributed by atoms with E-state index in [0.717, 1.165) is 9.75 Å². The van der Waals surface area contributed by atoms with Crippen LogP contribution in [0.25, 0.3) is 0 Å². The fourth-order valence-corrected chi connectivity index (χ4v) is 5.61. The van der Waals surface area contributed by atoms with Gasteiger partial charge in [-0.15, -0.1) is 23.7 Å². The highest BCUT2D eigenvalue weighted by Crippen LogP contribution is 2.28. The highest BCUT2D eigenvalue weighted by molar-refractivity contribution is 7.89. The minimum atomic E-state index is -3.48. The summed E-state index contributed by atoms with van der Waals surface area (Å²) in [7, 11) is -3.48. The molecular weight excluding hydrogens is 370 g/mol. The number of rotatable bonds is 4. The van der Waals surface area contributed by atoms with Gasteiger partial charge in [0.1, 0.15) is 0 Å². The van der Waals surface area contributed by atoms with Gasteiger partial charge in [-0.1, -0.05) is 6.92 Å². The first-order valence-electron chi connectivity index (χ1n) is 7.76. The molecule has 2 heterocycles. The zero-order valence-electron chi connectivity index (χ0n) is 14.5. The van der Waals surface area contributed by atoms with Gasteiger partial charge in [0.15, 0.2) is 0 Å². The van der Waals surface area contributed by atoms with Gasteiger partial charge in [0, 0.05) is 42.0 Å². The van der Waals surface area contributed by atoms with E-state index in [-0.39, 0.29) is 30.3 Å². The molecule has 0 aromatic carbocycles. The molecule has 0 radical (unpaired) electrons. The first-order valence-corrected chi connectivity index (χ1v) is 10.0. The van der Waals surface area contributed by atoms with Gasteiger partial charge in [0.2, 0.25) is 15.9 Å². The molecule has 6 nitrogen and oxygen atoms in total. The Labute approximate surface area is 154 Å². The second-order valence-corrected chi connectivity index (χ2v) is 9.52. The molecule has 0 saturated carbocycles. The van der Waals surface area contributed by atoms with Crippen LogP contribution in [0, 0.1) is 19.8 Å². The molecule has 138 valence electrons. The van der Waals surface area contributed by atoms with Crippen LogP contribution in [-0.4, -0.2) is 55.8 Å². The number of nitrogens with zero attached hydrogens (tertiary/aromatic N) is 2. The highest BCUT2D eigenvalue weighted by Gasteiger charge is 2.33. The Bertz CT molecular complexity index is 680. The van der Waals surface area contributed by atoms with Crippen LogP contribution in [0.4, 0.5) is 0 Å². The number of nitrogens with two attached hydrogens (primary N) is 1. The van der Waals surface area contributed by atoms with E-state index in [9.17, 15) is 13.2 Å². The third-order valence-corrected chi connectivity index (χ3v) is 7.46. The number of piperazine rings is 1. The predicted octanol–water partition coefficient (Wildman–Crippen LogP) is 1.60. The standard InChI is InChI=1S/C15H25N3O3S2.ClH/c1-10-9-14(13(4)22-10)23(20,21)18-7-5-17(6-8-18)15(19)11(2)12(3)16;/h9,11-12H,5-8,16H2,1-4H3;1H. The highest BCUT2D eigenvalue weighted by atomic mass is 35.5. The lowest BCUT2D eigenvalue weighted by Gasteiger charge is -2.35. The van der Waals surface area contributed by atoms with Crippen molar-refractivity contribution in [2.24, 2.45) is 11.7 Å². The van der Waals surface area contributed by atoms with E-state index in [0.29, 0.717) is 31.1 Å². The lowest BCUT2D eigenvalue weighted by molar-refractivity contribution is -0.136. The number of hydrogen-bond donors (Lipinski definition) is 1. The Morgan fingerprint density at radius 3 is 2.17 bits per heavy atom. The van der Waals surface area contributed by atoms with E-state index in [2.05, 4.69) is 0 Å². The summed E-state index contributed by atoms with van der Waals surface area (Å²) in [6.45, 7) is 8.84. The van der Waals surface area contributed by atoms with Crippen LogP contribution < -0.4 is 5.73 Å². The molecule has 9 heteroatoms. The fraction of sp³-hybridized carbons (Fsp3) is 0.667. The molecule has 1 amide bonds. The van der Waals surface area contributed by atoms with E-state index < -0.39 is 10.0 Å². The summed E-state index contributed by atoms with van der Waals surface area (Å²) in [5.41, 5.74) is 5.78. The van der Waals surface area contributed by atoms with Crippen molar-refractivity contribution < 1.29 is 13.2 Å². The number of amides is 1. The van der Waals surface area contributed by atoms with Gasteiger partial charge in [0.05, 0.1) is 10.8 Å². The van der Waals surface area contributed by atoms with Gasteiger partial charge in [-0.2, -0.15) is 4.31 Å². The predicted molar refractivity (Wildman–Crippen MR) is 99.2 cm³/mol. The normalized spacial score (nSPS) is 18.8.